The highest BCUT2D eigenvalue weighted by atomic mass is 15.2. The van der Waals surface area contributed by atoms with Gasteiger partial charge in [-0.3, -0.25) is 0 Å². The summed E-state index contributed by atoms with van der Waals surface area (Å²) in [6.07, 6.45) is 5.32. The zero-order valence-electron chi connectivity index (χ0n) is 12.1. The number of benzene rings is 1. The van der Waals surface area contributed by atoms with E-state index in [1.165, 1.54) is 25.7 Å². The fourth-order valence-corrected chi connectivity index (χ4v) is 2.84. The van der Waals surface area contributed by atoms with Crippen molar-refractivity contribution >= 4 is 0 Å². The molecule has 102 valence electrons. The molecule has 0 aliphatic heterocycles. The molecule has 2 nitrogen and oxygen atoms in total. The Kier molecular flexibility index (Phi) is 5.01. The van der Waals surface area contributed by atoms with Crippen LogP contribution in [0.3, 0.4) is 0 Å². The number of likely N-dealkylation sites (N-methyl/N-ethyl adjacent to an activating group) is 1. The zero-order valence-corrected chi connectivity index (χ0v) is 12.1. The molecule has 1 N–H and O–H groups in total. The lowest BCUT2D eigenvalue weighted by molar-refractivity contribution is 0.156. The van der Waals surface area contributed by atoms with Crippen LogP contribution in [-0.4, -0.2) is 37.6 Å². The van der Waals surface area contributed by atoms with E-state index in [9.17, 15) is 0 Å². The van der Waals surface area contributed by atoms with Crippen LogP contribution in [0.4, 0.5) is 0 Å². The number of nitrogens with one attached hydrogen (secondary N) is 1. The molecule has 1 aliphatic carbocycles. The van der Waals surface area contributed by atoms with E-state index in [1.54, 1.807) is 0 Å². The van der Waals surface area contributed by atoms with Crippen molar-refractivity contribution in [2.45, 2.75) is 31.2 Å². The fraction of sp³-hybridized carbons (Fsp3) is 0.529. The average Bonchev–Trinajstić information content (AvgIpc) is 2.90. The molecule has 1 aliphatic rings. The van der Waals surface area contributed by atoms with Gasteiger partial charge in [-0.2, -0.15) is 0 Å². The lowest BCUT2D eigenvalue weighted by Gasteiger charge is -2.36. The first-order valence-electron chi connectivity index (χ1n) is 7.15. The van der Waals surface area contributed by atoms with Crippen molar-refractivity contribution in [1.82, 2.24) is 10.2 Å². The van der Waals surface area contributed by atoms with Gasteiger partial charge in [0.25, 0.3) is 0 Å². The van der Waals surface area contributed by atoms with Crippen molar-refractivity contribution in [3.8, 4) is 11.8 Å². The molecule has 0 atom stereocenters. The van der Waals surface area contributed by atoms with Gasteiger partial charge in [-0.05, 0) is 39.1 Å². The highest BCUT2D eigenvalue weighted by Gasteiger charge is 2.35. The Hall–Kier alpha value is -1.30. The third-order valence-electron chi connectivity index (χ3n) is 4.16. The Bertz CT molecular complexity index is 433. The normalized spacial score (nSPS) is 17.2. The summed E-state index contributed by atoms with van der Waals surface area (Å²) in [5, 5.41) is 3.50. The van der Waals surface area contributed by atoms with Gasteiger partial charge in [0, 0.05) is 17.6 Å². The summed E-state index contributed by atoms with van der Waals surface area (Å²) in [7, 11) is 4.39. The first-order valence-corrected chi connectivity index (χ1v) is 7.15. The summed E-state index contributed by atoms with van der Waals surface area (Å²) in [6, 6.07) is 10.2. The van der Waals surface area contributed by atoms with Crippen LogP contribution in [0.1, 0.15) is 31.2 Å². The van der Waals surface area contributed by atoms with Gasteiger partial charge in [-0.25, -0.2) is 0 Å². The van der Waals surface area contributed by atoms with Gasteiger partial charge in [-0.15, -0.1) is 0 Å². The lowest BCUT2D eigenvalue weighted by Crippen LogP contribution is -2.49. The van der Waals surface area contributed by atoms with E-state index in [1.807, 2.05) is 30.3 Å². The Morgan fingerprint density at radius 3 is 2.47 bits per heavy atom. The zero-order chi connectivity index (χ0) is 13.6. The van der Waals surface area contributed by atoms with Gasteiger partial charge in [0.1, 0.15) is 0 Å². The van der Waals surface area contributed by atoms with E-state index in [-0.39, 0.29) is 0 Å². The molecule has 0 saturated heterocycles. The molecule has 0 unspecified atom stereocenters. The first-order chi connectivity index (χ1) is 9.23. The number of hydrogen-bond donors (Lipinski definition) is 1. The summed E-state index contributed by atoms with van der Waals surface area (Å²) in [6.45, 7) is 1.81. The van der Waals surface area contributed by atoms with E-state index >= 15 is 0 Å². The molecule has 2 rings (SSSR count). The summed E-state index contributed by atoms with van der Waals surface area (Å²) in [4.78, 5) is 2.39. The molecule has 0 radical (unpaired) electrons. The molecule has 19 heavy (non-hydrogen) atoms. The quantitative estimate of drug-likeness (QED) is 0.658. The van der Waals surface area contributed by atoms with Crippen molar-refractivity contribution in [2.24, 2.45) is 0 Å². The first kappa shape index (κ1) is 14.1. The topological polar surface area (TPSA) is 15.3 Å². The SMILES string of the molecule is CN(C)C1(CNCC#Cc2ccccc2)CCCC1. The Morgan fingerprint density at radius 1 is 1.16 bits per heavy atom. The maximum atomic E-state index is 3.50. The van der Waals surface area contributed by atoms with Crippen LogP contribution in [0, 0.1) is 11.8 Å². The molecule has 1 aromatic carbocycles. The minimum Gasteiger partial charge on any atom is -0.304 e. The number of hydrogen-bond acceptors (Lipinski definition) is 2. The van der Waals surface area contributed by atoms with Crippen molar-refractivity contribution in [2.75, 3.05) is 27.2 Å². The van der Waals surface area contributed by atoms with Crippen LogP contribution < -0.4 is 5.32 Å². The third kappa shape index (κ3) is 3.83. The molecule has 2 heteroatoms. The number of nitrogens with zero attached hydrogens (tertiary/aromatic N) is 1. The van der Waals surface area contributed by atoms with E-state index < -0.39 is 0 Å². The van der Waals surface area contributed by atoms with Gasteiger partial charge in [0.05, 0.1) is 6.54 Å². The van der Waals surface area contributed by atoms with Gasteiger partial charge < -0.3 is 10.2 Å². The second-order valence-corrected chi connectivity index (χ2v) is 5.60. The van der Waals surface area contributed by atoms with Crippen molar-refractivity contribution < 1.29 is 0 Å². The van der Waals surface area contributed by atoms with Crippen LogP contribution in [0.5, 0.6) is 0 Å². The van der Waals surface area contributed by atoms with Crippen LogP contribution in [0.15, 0.2) is 30.3 Å². The Balaban J connectivity index is 1.79. The molecule has 1 fully saturated rings. The van der Waals surface area contributed by atoms with Crippen LogP contribution in [-0.2, 0) is 0 Å². The molecular formula is C17H24N2. The summed E-state index contributed by atoms with van der Waals surface area (Å²) in [5.74, 6) is 6.39. The molecule has 0 aromatic heterocycles. The molecule has 0 spiro atoms. The van der Waals surface area contributed by atoms with Crippen LogP contribution in [0.25, 0.3) is 0 Å². The van der Waals surface area contributed by atoms with E-state index in [0.29, 0.717) is 5.54 Å². The summed E-state index contributed by atoms with van der Waals surface area (Å²) >= 11 is 0. The Morgan fingerprint density at radius 2 is 1.84 bits per heavy atom. The molecule has 1 saturated carbocycles. The van der Waals surface area contributed by atoms with Crippen molar-refractivity contribution in [3.63, 3.8) is 0 Å². The third-order valence-corrected chi connectivity index (χ3v) is 4.16. The van der Waals surface area contributed by atoms with Crippen LogP contribution >= 0.6 is 0 Å². The predicted octanol–water partition coefficient (Wildman–Crippen LogP) is 2.50. The van der Waals surface area contributed by atoms with E-state index in [4.69, 9.17) is 0 Å². The second kappa shape index (κ2) is 6.75. The van der Waals surface area contributed by atoms with Crippen molar-refractivity contribution in [3.05, 3.63) is 35.9 Å². The largest absolute Gasteiger partial charge is 0.304 e. The molecular weight excluding hydrogens is 232 g/mol. The smallest absolute Gasteiger partial charge is 0.0580 e. The standard InChI is InChI=1S/C17H24N2/c1-19(2)17(12-6-7-13-17)15-18-14-8-11-16-9-4-3-5-10-16/h3-5,9-10,18H,6-7,12-15H2,1-2H3. The fourth-order valence-electron chi connectivity index (χ4n) is 2.84. The molecule has 0 bridgehead atoms. The maximum Gasteiger partial charge on any atom is 0.0580 e. The van der Waals surface area contributed by atoms with Gasteiger partial charge in [0.15, 0.2) is 0 Å². The maximum absolute atomic E-state index is 3.50. The van der Waals surface area contributed by atoms with Crippen molar-refractivity contribution in [1.29, 1.82) is 0 Å². The molecule has 0 amide bonds. The van der Waals surface area contributed by atoms with E-state index in [2.05, 4.69) is 36.2 Å². The predicted molar refractivity (Wildman–Crippen MR) is 81.1 cm³/mol. The summed E-state index contributed by atoms with van der Waals surface area (Å²) in [5.41, 5.74) is 1.45. The second-order valence-electron chi connectivity index (χ2n) is 5.60. The minimum absolute atomic E-state index is 0.356. The Labute approximate surface area is 117 Å². The van der Waals surface area contributed by atoms with Gasteiger partial charge in [0.2, 0.25) is 0 Å². The minimum atomic E-state index is 0.356. The van der Waals surface area contributed by atoms with Crippen LogP contribution in [0.2, 0.25) is 0 Å². The summed E-state index contributed by atoms with van der Waals surface area (Å²) < 4.78 is 0. The van der Waals surface area contributed by atoms with Gasteiger partial charge in [-0.1, -0.05) is 42.9 Å². The van der Waals surface area contributed by atoms with Gasteiger partial charge >= 0.3 is 0 Å². The highest BCUT2D eigenvalue weighted by molar-refractivity contribution is 5.33. The molecule has 1 aromatic rings. The lowest BCUT2D eigenvalue weighted by atomic mass is 9.96. The van der Waals surface area contributed by atoms with E-state index in [0.717, 1.165) is 18.7 Å². The average molecular weight is 256 g/mol. The molecule has 0 heterocycles. The monoisotopic (exact) mass is 256 g/mol. The highest BCUT2D eigenvalue weighted by Crippen LogP contribution is 2.32. The number of rotatable bonds is 4.